The number of rotatable bonds is 12. The highest BCUT2D eigenvalue weighted by Crippen LogP contribution is 2.17. The van der Waals surface area contributed by atoms with Crippen LogP contribution in [-0.2, 0) is 0 Å². The number of hydrogen-bond donors (Lipinski definition) is 1. The molecule has 0 heterocycles. The topological polar surface area (TPSA) is 52.3 Å². The summed E-state index contributed by atoms with van der Waals surface area (Å²) in [5, 5.41) is 0. The lowest BCUT2D eigenvalue weighted by atomic mass is 10.1. The highest BCUT2D eigenvalue weighted by atomic mass is 19.1. The van der Waals surface area contributed by atoms with Crippen molar-refractivity contribution in [1.29, 1.82) is 0 Å². The van der Waals surface area contributed by atoms with E-state index < -0.39 is 11.6 Å². The summed E-state index contributed by atoms with van der Waals surface area (Å²) in [7, 11) is 0. The normalized spacial score (nSPS) is 10.7. The summed E-state index contributed by atoms with van der Waals surface area (Å²) >= 11 is 0. The molecule has 0 saturated carbocycles. The number of unbranched alkanes of at least 4 members (excludes halogenated alkanes) is 7. The maximum absolute atomic E-state index is 13.7. The summed E-state index contributed by atoms with van der Waals surface area (Å²) < 4.78 is 19.2. The van der Waals surface area contributed by atoms with Crippen LogP contribution in [0.3, 0.4) is 0 Å². The first-order valence-electron chi connectivity index (χ1n) is 8.34. The summed E-state index contributed by atoms with van der Waals surface area (Å²) in [6.45, 7) is 2.62. The van der Waals surface area contributed by atoms with E-state index in [9.17, 15) is 9.18 Å². The Morgan fingerprint density at radius 3 is 2.32 bits per heavy atom. The molecule has 1 aromatic rings. The van der Waals surface area contributed by atoms with Gasteiger partial charge in [0.2, 0.25) is 0 Å². The Morgan fingerprint density at radius 1 is 1.09 bits per heavy atom. The van der Waals surface area contributed by atoms with Gasteiger partial charge in [-0.25, -0.2) is 4.39 Å². The summed E-state index contributed by atoms with van der Waals surface area (Å²) in [6, 6.07) is 4.32. The first kappa shape index (κ1) is 18.6. The van der Waals surface area contributed by atoms with E-state index in [0.29, 0.717) is 12.4 Å². The number of ether oxygens (including phenoxy) is 1. The van der Waals surface area contributed by atoms with Crippen LogP contribution in [0.1, 0.15) is 68.6 Å². The third-order valence-electron chi connectivity index (χ3n) is 3.69. The molecule has 2 N–H and O–H groups in total. The Balaban J connectivity index is 2.17. The fourth-order valence-corrected chi connectivity index (χ4v) is 2.35. The second kappa shape index (κ2) is 11.2. The van der Waals surface area contributed by atoms with E-state index in [1.54, 1.807) is 6.07 Å². The van der Waals surface area contributed by atoms with Crippen LogP contribution in [0.2, 0.25) is 0 Å². The van der Waals surface area contributed by atoms with Gasteiger partial charge in [-0.15, -0.1) is 0 Å². The van der Waals surface area contributed by atoms with Gasteiger partial charge in [0.25, 0.3) is 0 Å². The predicted octanol–water partition coefficient (Wildman–Crippen LogP) is 4.49. The summed E-state index contributed by atoms with van der Waals surface area (Å²) in [5.41, 5.74) is 5.26. The van der Waals surface area contributed by atoms with Crippen molar-refractivity contribution in [2.75, 3.05) is 13.2 Å². The molecule has 0 aromatic heterocycles. The smallest absolute Gasteiger partial charge is 0.179 e. The quantitative estimate of drug-likeness (QED) is 0.457. The fourth-order valence-electron chi connectivity index (χ4n) is 2.35. The van der Waals surface area contributed by atoms with Gasteiger partial charge in [0.05, 0.1) is 18.7 Å². The Hall–Kier alpha value is -1.42. The number of carbonyl (C=O) groups is 1. The maximum Gasteiger partial charge on any atom is 0.179 e. The van der Waals surface area contributed by atoms with Crippen LogP contribution >= 0.6 is 0 Å². The van der Waals surface area contributed by atoms with Crippen molar-refractivity contribution in [2.45, 2.75) is 58.3 Å². The third kappa shape index (κ3) is 7.03. The highest BCUT2D eigenvalue weighted by Gasteiger charge is 2.10. The molecule has 4 heteroatoms. The molecule has 0 spiro atoms. The first-order chi connectivity index (χ1) is 10.7. The molecule has 0 radical (unpaired) electrons. The minimum Gasteiger partial charge on any atom is -0.493 e. The van der Waals surface area contributed by atoms with Crippen molar-refractivity contribution in [2.24, 2.45) is 5.73 Å². The fraction of sp³-hybridized carbons (Fsp3) is 0.611. The number of Topliss-reactive ketones (excluding diaryl/α,β-unsaturated/α-hetero) is 1. The van der Waals surface area contributed by atoms with Gasteiger partial charge >= 0.3 is 0 Å². The summed E-state index contributed by atoms with van der Waals surface area (Å²) in [5.74, 6) is -0.495. The van der Waals surface area contributed by atoms with E-state index in [2.05, 4.69) is 6.92 Å². The van der Waals surface area contributed by atoms with Crippen LogP contribution in [0.4, 0.5) is 4.39 Å². The minimum absolute atomic E-state index is 0.0296. The average Bonchev–Trinajstić information content (AvgIpc) is 2.52. The molecule has 124 valence electrons. The van der Waals surface area contributed by atoms with E-state index >= 15 is 0 Å². The molecular formula is C18H28FNO2. The van der Waals surface area contributed by atoms with Crippen molar-refractivity contribution in [1.82, 2.24) is 0 Å². The molecule has 0 amide bonds. The van der Waals surface area contributed by atoms with Crippen LogP contribution in [0.25, 0.3) is 0 Å². The molecule has 0 aliphatic rings. The van der Waals surface area contributed by atoms with Gasteiger partial charge in [-0.1, -0.05) is 51.9 Å². The molecule has 1 rings (SSSR count). The Labute approximate surface area is 133 Å². The molecule has 0 aliphatic carbocycles. The van der Waals surface area contributed by atoms with E-state index in [-0.39, 0.29) is 12.1 Å². The molecule has 0 bridgehead atoms. The van der Waals surface area contributed by atoms with E-state index in [1.165, 1.54) is 50.7 Å². The Kier molecular flexibility index (Phi) is 9.47. The van der Waals surface area contributed by atoms with Gasteiger partial charge in [0, 0.05) is 6.07 Å². The monoisotopic (exact) mass is 309 g/mol. The Morgan fingerprint density at radius 2 is 1.73 bits per heavy atom. The third-order valence-corrected chi connectivity index (χ3v) is 3.69. The average molecular weight is 309 g/mol. The molecule has 3 nitrogen and oxygen atoms in total. The standard InChI is InChI=1S/C18H28FNO2/c1-2-3-4-5-6-7-8-9-12-22-15-10-11-16(17(19)13-15)18(21)14-20/h10-11,13H,2-9,12,14,20H2,1H3. The molecule has 0 saturated heterocycles. The van der Waals surface area contributed by atoms with Gasteiger partial charge in [0.15, 0.2) is 5.78 Å². The molecule has 0 atom stereocenters. The van der Waals surface area contributed by atoms with Gasteiger partial charge in [-0.05, 0) is 18.6 Å². The molecular weight excluding hydrogens is 281 g/mol. The summed E-state index contributed by atoms with van der Waals surface area (Å²) in [4.78, 5) is 11.4. The molecule has 22 heavy (non-hydrogen) atoms. The molecule has 0 unspecified atom stereocenters. The van der Waals surface area contributed by atoms with Crippen LogP contribution < -0.4 is 10.5 Å². The zero-order valence-electron chi connectivity index (χ0n) is 13.6. The van der Waals surface area contributed by atoms with Crippen molar-refractivity contribution in [3.8, 4) is 5.75 Å². The molecule has 0 aliphatic heterocycles. The number of benzene rings is 1. The zero-order valence-corrected chi connectivity index (χ0v) is 13.6. The van der Waals surface area contributed by atoms with E-state index in [4.69, 9.17) is 10.5 Å². The SMILES string of the molecule is CCCCCCCCCCOc1ccc(C(=O)CN)c(F)c1. The summed E-state index contributed by atoms with van der Waals surface area (Å²) in [6.07, 6.45) is 9.88. The number of nitrogens with two attached hydrogens (primary N) is 1. The van der Waals surface area contributed by atoms with Gasteiger partial charge in [-0.3, -0.25) is 4.79 Å². The lowest BCUT2D eigenvalue weighted by Gasteiger charge is -2.08. The number of hydrogen-bond acceptors (Lipinski definition) is 3. The zero-order chi connectivity index (χ0) is 16.2. The highest BCUT2D eigenvalue weighted by molar-refractivity contribution is 5.97. The minimum atomic E-state index is -0.566. The first-order valence-corrected chi connectivity index (χ1v) is 8.34. The van der Waals surface area contributed by atoms with Crippen LogP contribution in [0.5, 0.6) is 5.75 Å². The lowest BCUT2D eigenvalue weighted by Crippen LogP contribution is -2.15. The van der Waals surface area contributed by atoms with Gasteiger partial charge in [0.1, 0.15) is 11.6 Å². The molecule has 0 fully saturated rings. The second-order valence-corrected chi connectivity index (χ2v) is 5.59. The van der Waals surface area contributed by atoms with Crippen LogP contribution in [-0.4, -0.2) is 18.9 Å². The van der Waals surface area contributed by atoms with Crippen LogP contribution in [0, 0.1) is 5.82 Å². The van der Waals surface area contributed by atoms with Crippen molar-refractivity contribution in [3.05, 3.63) is 29.6 Å². The van der Waals surface area contributed by atoms with Crippen LogP contribution in [0.15, 0.2) is 18.2 Å². The van der Waals surface area contributed by atoms with Crippen molar-refractivity contribution < 1.29 is 13.9 Å². The molecule has 1 aromatic carbocycles. The lowest BCUT2D eigenvalue weighted by molar-refractivity contribution is 0.0997. The Bertz CT molecular complexity index is 449. The van der Waals surface area contributed by atoms with Crippen molar-refractivity contribution >= 4 is 5.78 Å². The van der Waals surface area contributed by atoms with Gasteiger partial charge < -0.3 is 10.5 Å². The number of halogens is 1. The van der Waals surface area contributed by atoms with Crippen molar-refractivity contribution in [3.63, 3.8) is 0 Å². The number of carbonyl (C=O) groups excluding carboxylic acids is 1. The second-order valence-electron chi connectivity index (χ2n) is 5.59. The number of ketones is 1. The van der Waals surface area contributed by atoms with E-state index in [0.717, 1.165) is 12.8 Å². The maximum atomic E-state index is 13.7. The predicted molar refractivity (Wildman–Crippen MR) is 87.9 cm³/mol. The largest absolute Gasteiger partial charge is 0.493 e. The van der Waals surface area contributed by atoms with Gasteiger partial charge in [-0.2, -0.15) is 0 Å². The van der Waals surface area contributed by atoms with E-state index in [1.807, 2.05) is 0 Å².